The molecular formula is C25H32N4O5S. The first-order valence-electron chi connectivity index (χ1n) is 11.7. The molecule has 0 bridgehead atoms. The molecule has 0 saturated carbocycles. The summed E-state index contributed by atoms with van der Waals surface area (Å²) in [6.07, 6.45) is 2.39. The van der Waals surface area contributed by atoms with Crippen molar-refractivity contribution in [2.45, 2.75) is 25.2 Å². The maximum absolute atomic E-state index is 13.4. The third-order valence-electron chi connectivity index (χ3n) is 6.28. The van der Waals surface area contributed by atoms with Gasteiger partial charge in [-0.2, -0.15) is 4.31 Å². The number of ether oxygens (including phenoxy) is 3. The van der Waals surface area contributed by atoms with E-state index >= 15 is 0 Å². The van der Waals surface area contributed by atoms with Crippen LogP contribution >= 0.6 is 0 Å². The number of aromatic nitrogens is 2. The number of fused-ring (bicyclic) bond motifs is 1. The molecule has 0 spiro atoms. The number of benzene rings is 2. The first kappa shape index (κ1) is 25.2. The topological polar surface area (TPSA) is 94.1 Å². The summed E-state index contributed by atoms with van der Waals surface area (Å²) in [6.45, 7) is 6.62. The van der Waals surface area contributed by atoms with Gasteiger partial charge in [-0.3, -0.25) is 0 Å². The summed E-state index contributed by atoms with van der Waals surface area (Å²) in [5.74, 6) is 2.19. The fourth-order valence-electron chi connectivity index (χ4n) is 4.32. The van der Waals surface area contributed by atoms with Gasteiger partial charge in [-0.1, -0.05) is 6.92 Å². The Balaban J connectivity index is 1.87. The number of aryl methyl sites for hydroxylation is 1. The molecule has 0 N–H and O–H groups in total. The number of rotatable bonds is 8. The van der Waals surface area contributed by atoms with Crippen LogP contribution in [-0.2, 0) is 16.4 Å². The average molecular weight is 501 g/mol. The van der Waals surface area contributed by atoms with Crippen LogP contribution in [0.1, 0.15) is 19.4 Å². The summed E-state index contributed by atoms with van der Waals surface area (Å²) in [5, 5.41) is 0.757. The minimum absolute atomic E-state index is 0.197. The predicted molar refractivity (Wildman–Crippen MR) is 135 cm³/mol. The molecule has 0 radical (unpaired) electrons. The van der Waals surface area contributed by atoms with Gasteiger partial charge < -0.3 is 19.1 Å². The Morgan fingerprint density at radius 1 is 0.971 bits per heavy atom. The molecule has 1 saturated heterocycles. The Morgan fingerprint density at radius 3 is 2.31 bits per heavy atom. The Labute approximate surface area is 206 Å². The lowest BCUT2D eigenvalue weighted by molar-refractivity contribution is 0.222. The van der Waals surface area contributed by atoms with Crippen molar-refractivity contribution in [1.29, 1.82) is 0 Å². The maximum Gasteiger partial charge on any atom is 0.243 e. The third kappa shape index (κ3) is 4.78. The highest BCUT2D eigenvalue weighted by molar-refractivity contribution is 7.89. The van der Waals surface area contributed by atoms with Gasteiger partial charge >= 0.3 is 0 Å². The third-order valence-corrected chi connectivity index (χ3v) is 8.18. The van der Waals surface area contributed by atoms with E-state index in [9.17, 15) is 8.42 Å². The minimum atomic E-state index is -3.67. The summed E-state index contributed by atoms with van der Waals surface area (Å²) in [4.78, 5) is 11.7. The Bertz CT molecular complexity index is 1320. The van der Waals surface area contributed by atoms with Gasteiger partial charge in [0.25, 0.3) is 0 Å². The molecule has 1 fully saturated rings. The molecule has 10 heteroatoms. The van der Waals surface area contributed by atoms with E-state index in [2.05, 4.69) is 9.88 Å². The van der Waals surface area contributed by atoms with Crippen molar-refractivity contribution in [2.75, 3.05) is 54.1 Å². The molecule has 2 heterocycles. The number of likely N-dealkylation sites (N-methyl/N-ethyl adjacent to an activating group) is 1. The molecule has 188 valence electrons. The zero-order valence-corrected chi connectivity index (χ0v) is 21.7. The smallest absolute Gasteiger partial charge is 0.243 e. The summed E-state index contributed by atoms with van der Waals surface area (Å²) < 4.78 is 45.3. The molecule has 1 aromatic heterocycles. The molecular weight excluding hydrogens is 468 g/mol. The van der Waals surface area contributed by atoms with Crippen LogP contribution in [0.15, 0.2) is 35.4 Å². The normalized spacial score (nSPS) is 15.3. The molecule has 3 aromatic rings. The molecule has 35 heavy (non-hydrogen) atoms. The van der Waals surface area contributed by atoms with Crippen molar-refractivity contribution in [1.82, 2.24) is 19.2 Å². The van der Waals surface area contributed by atoms with E-state index in [1.807, 2.05) is 27.0 Å². The van der Waals surface area contributed by atoms with E-state index in [-0.39, 0.29) is 4.90 Å². The van der Waals surface area contributed by atoms with Gasteiger partial charge in [0.05, 0.1) is 42.2 Å². The van der Waals surface area contributed by atoms with Crippen LogP contribution in [0.2, 0.25) is 0 Å². The highest BCUT2D eigenvalue weighted by Crippen LogP contribution is 2.37. The molecule has 9 nitrogen and oxygen atoms in total. The summed E-state index contributed by atoms with van der Waals surface area (Å²) in [7, 11) is 1.53. The molecule has 0 aliphatic carbocycles. The lowest BCUT2D eigenvalue weighted by atomic mass is 10.1. The van der Waals surface area contributed by atoms with Gasteiger partial charge in [0.2, 0.25) is 10.0 Å². The van der Waals surface area contributed by atoms with Crippen LogP contribution in [-0.4, -0.2) is 81.6 Å². The molecule has 0 atom stereocenters. The SMILES string of the molecule is CCOc1ccc(S(=O)(=O)N2CCN(C)CC2)cc1-c1ncc2c(OC)cc(OC)c(CC)c2n1. The van der Waals surface area contributed by atoms with E-state index < -0.39 is 10.0 Å². The summed E-state index contributed by atoms with van der Waals surface area (Å²) in [5.41, 5.74) is 2.14. The molecule has 1 aliphatic rings. The van der Waals surface area contributed by atoms with Gasteiger partial charge in [-0.15, -0.1) is 0 Å². The van der Waals surface area contributed by atoms with E-state index in [1.165, 1.54) is 4.31 Å². The lowest BCUT2D eigenvalue weighted by Gasteiger charge is -2.31. The number of hydrogen-bond donors (Lipinski definition) is 0. The van der Waals surface area contributed by atoms with Crippen LogP contribution in [0.4, 0.5) is 0 Å². The molecule has 1 aliphatic heterocycles. The second kappa shape index (κ2) is 10.3. The minimum Gasteiger partial charge on any atom is -0.496 e. The monoisotopic (exact) mass is 500 g/mol. The highest BCUT2D eigenvalue weighted by Gasteiger charge is 2.29. The molecule has 0 amide bonds. The zero-order valence-electron chi connectivity index (χ0n) is 20.9. The summed E-state index contributed by atoms with van der Waals surface area (Å²) >= 11 is 0. The number of sulfonamides is 1. The van der Waals surface area contributed by atoms with Crippen LogP contribution in [0.5, 0.6) is 17.2 Å². The first-order chi connectivity index (χ1) is 16.8. The average Bonchev–Trinajstić information content (AvgIpc) is 2.87. The lowest BCUT2D eigenvalue weighted by Crippen LogP contribution is -2.47. The second-order valence-electron chi connectivity index (χ2n) is 8.37. The van der Waals surface area contributed by atoms with Gasteiger partial charge in [0.15, 0.2) is 5.82 Å². The number of piperazine rings is 1. The largest absolute Gasteiger partial charge is 0.496 e. The number of hydrogen-bond acceptors (Lipinski definition) is 8. The van der Waals surface area contributed by atoms with Gasteiger partial charge in [0.1, 0.15) is 17.2 Å². The van der Waals surface area contributed by atoms with Crippen molar-refractivity contribution < 1.29 is 22.6 Å². The van der Waals surface area contributed by atoms with Gasteiger partial charge in [-0.25, -0.2) is 18.4 Å². The summed E-state index contributed by atoms with van der Waals surface area (Å²) in [6, 6.07) is 6.72. The fraction of sp³-hybridized carbons (Fsp3) is 0.440. The van der Waals surface area contributed by atoms with E-state index in [0.29, 0.717) is 73.4 Å². The standard InChI is InChI=1S/C25H32N4O5S/c1-6-18-22(32-4)15-23(33-5)20-16-26-25(27-24(18)20)19-14-17(8-9-21(19)34-7-2)35(30,31)29-12-10-28(3)11-13-29/h8-9,14-16H,6-7,10-13H2,1-5H3. The van der Waals surface area contributed by atoms with Crippen LogP contribution in [0.25, 0.3) is 22.3 Å². The first-order valence-corrected chi connectivity index (χ1v) is 13.1. The van der Waals surface area contributed by atoms with Crippen LogP contribution in [0, 0.1) is 0 Å². The Hall–Kier alpha value is -2.95. The van der Waals surface area contributed by atoms with Crippen molar-refractivity contribution in [3.63, 3.8) is 0 Å². The van der Waals surface area contributed by atoms with Gasteiger partial charge in [0, 0.05) is 44.0 Å². The van der Waals surface area contributed by atoms with Gasteiger partial charge in [-0.05, 0) is 38.6 Å². The Kier molecular flexibility index (Phi) is 7.44. The van der Waals surface area contributed by atoms with Crippen molar-refractivity contribution in [2.24, 2.45) is 0 Å². The van der Waals surface area contributed by atoms with Crippen molar-refractivity contribution in [3.05, 3.63) is 36.0 Å². The zero-order chi connectivity index (χ0) is 25.2. The Morgan fingerprint density at radius 2 is 1.69 bits per heavy atom. The van der Waals surface area contributed by atoms with Crippen LogP contribution in [0.3, 0.4) is 0 Å². The number of methoxy groups -OCH3 is 2. The van der Waals surface area contributed by atoms with E-state index in [4.69, 9.17) is 19.2 Å². The van der Waals surface area contributed by atoms with Crippen molar-refractivity contribution in [3.8, 4) is 28.6 Å². The maximum atomic E-state index is 13.4. The fourth-order valence-corrected chi connectivity index (χ4v) is 5.77. The van der Waals surface area contributed by atoms with Crippen molar-refractivity contribution >= 4 is 20.9 Å². The molecule has 0 unspecified atom stereocenters. The molecule has 2 aromatic carbocycles. The van der Waals surface area contributed by atoms with E-state index in [1.54, 1.807) is 38.6 Å². The quantitative estimate of drug-likeness (QED) is 0.465. The predicted octanol–water partition coefficient (Wildman–Crippen LogP) is 3.21. The van der Waals surface area contributed by atoms with E-state index in [0.717, 1.165) is 10.9 Å². The molecule has 4 rings (SSSR count). The second-order valence-corrected chi connectivity index (χ2v) is 10.3. The highest BCUT2D eigenvalue weighted by atomic mass is 32.2. The number of nitrogens with zero attached hydrogens (tertiary/aromatic N) is 4. The van der Waals surface area contributed by atoms with Crippen LogP contribution < -0.4 is 14.2 Å².